The molecule has 0 saturated carbocycles. The van der Waals surface area contributed by atoms with Crippen molar-refractivity contribution < 1.29 is 47.6 Å². The van der Waals surface area contributed by atoms with Crippen LogP contribution in [0.2, 0.25) is 0 Å². The molecule has 4 aromatic rings. The van der Waals surface area contributed by atoms with Gasteiger partial charge in [0.25, 0.3) is 5.91 Å². The first-order valence-electron chi connectivity index (χ1n) is 11.7. The van der Waals surface area contributed by atoms with Gasteiger partial charge in [0, 0.05) is 6.42 Å². The fourth-order valence-corrected chi connectivity index (χ4v) is 5.60. The molecule has 0 spiro atoms. The van der Waals surface area contributed by atoms with Gasteiger partial charge in [-0.1, -0.05) is 66.2 Å². The van der Waals surface area contributed by atoms with Crippen LogP contribution in [0.1, 0.15) is 16.7 Å². The van der Waals surface area contributed by atoms with E-state index in [1.165, 1.54) is 23.9 Å². The maximum atomic E-state index is 12.5. The molecule has 0 bridgehead atoms. The number of carbonyl (C=O) groups excluding carboxylic acids is 2. The molecule has 0 aliphatic carbocycles. The number of benzene rings is 4. The Bertz CT molecular complexity index is 1720. The van der Waals surface area contributed by atoms with Crippen LogP contribution in [-0.4, -0.2) is 25.4 Å². The second kappa shape index (κ2) is 12.3. The van der Waals surface area contributed by atoms with Crippen LogP contribution in [-0.2, 0) is 26.0 Å². The Morgan fingerprint density at radius 2 is 1.64 bits per heavy atom. The van der Waals surface area contributed by atoms with Crippen molar-refractivity contribution in [2.75, 3.05) is 0 Å². The van der Waals surface area contributed by atoms with Crippen LogP contribution < -0.4 is 34.9 Å². The summed E-state index contributed by atoms with van der Waals surface area (Å²) in [4.78, 5) is 29.8. The van der Waals surface area contributed by atoms with Crippen molar-refractivity contribution in [1.82, 2.24) is 5.32 Å². The van der Waals surface area contributed by atoms with Crippen molar-refractivity contribution in [2.45, 2.75) is 18.2 Å². The van der Waals surface area contributed by atoms with Gasteiger partial charge in [0.1, 0.15) is 10.0 Å². The summed E-state index contributed by atoms with van der Waals surface area (Å²) in [6.45, 7) is 1.84. The van der Waals surface area contributed by atoms with Crippen LogP contribution in [0.15, 0.2) is 106 Å². The monoisotopic (exact) mass is 563 g/mol. The fourth-order valence-electron chi connectivity index (χ4n) is 3.84. The standard InChI is InChI=1S/C29H23N3O4S2.Na/c1-19-6-14-25(15-7-19)38(35,36)32-27(33)18-20-9-12-24(13-10-20)30-29-31-28(34)26(37-29)17-21-8-11-22-4-2-3-5-23(22)16-21;/h2-17H,18H2,1H3,(H2,30,31,32,33,34);/q;+1/p-1. The van der Waals surface area contributed by atoms with E-state index >= 15 is 0 Å². The smallest absolute Gasteiger partial charge is 0.541 e. The Balaban J connectivity index is 0.00000353. The molecule has 1 saturated heterocycles. The Hall–Kier alpha value is -3.21. The number of hydrogen-bond donors (Lipinski definition) is 1. The molecule has 1 aliphatic heterocycles. The van der Waals surface area contributed by atoms with Crippen LogP contribution in [0.4, 0.5) is 5.69 Å². The van der Waals surface area contributed by atoms with E-state index in [0.717, 1.165) is 21.9 Å². The van der Waals surface area contributed by atoms with Gasteiger partial charge < -0.3 is 14.8 Å². The Labute approximate surface area is 253 Å². The molecule has 1 fully saturated rings. The van der Waals surface area contributed by atoms with Gasteiger partial charge >= 0.3 is 29.6 Å². The third kappa shape index (κ3) is 7.26. The number of aliphatic imine (C=N–C) groups is 1. The molecule has 0 aromatic heterocycles. The summed E-state index contributed by atoms with van der Waals surface area (Å²) in [5.41, 5.74) is 3.01. The van der Waals surface area contributed by atoms with E-state index in [0.29, 0.717) is 21.3 Å². The predicted octanol–water partition coefficient (Wildman–Crippen LogP) is 2.88. The van der Waals surface area contributed by atoms with E-state index in [2.05, 4.69) is 15.0 Å². The molecule has 7 nitrogen and oxygen atoms in total. The van der Waals surface area contributed by atoms with E-state index in [4.69, 9.17) is 0 Å². The molecule has 1 N–H and O–H groups in total. The van der Waals surface area contributed by atoms with E-state index in [-0.39, 0.29) is 46.8 Å². The number of thioether (sulfide) groups is 1. The molecule has 4 aromatic carbocycles. The minimum atomic E-state index is -4.06. The molecule has 0 atom stereocenters. The Kier molecular flexibility index (Phi) is 9.09. The van der Waals surface area contributed by atoms with Gasteiger partial charge in [-0.05, 0) is 77.0 Å². The molecular formula is C29H22N3NaO4S2. The number of aryl methyl sites for hydroxylation is 1. The zero-order valence-corrected chi connectivity index (χ0v) is 24.9. The number of amides is 2. The van der Waals surface area contributed by atoms with Crippen LogP contribution in [0.25, 0.3) is 21.6 Å². The van der Waals surface area contributed by atoms with Crippen molar-refractivity contribution in [3.8, 4) is 0 Å². The number of hydrogen-bond acceptors (Lipinski definition) is 6. The van der Waals surface area contributed by atoms with Crippen molar-refractivity contribution in [2.24, 2.45) is 4.99 Å². The van der Waals surface area contributed by atoms with Crippen LogP contribution in [0.5, 0.6) is 0 Å². The Morgan fingerprint density at radius 1 is 0.949 bits per heavy atom. The first-order valence-corrected chi connectivity index (χ1v) is 14.0. The third-order valence-corrected chi connectivity index (χ3v) is 8.01. The number of nitrogens with one attached hydrogen (secondary N) is 1. The number of carbonyl (C=O) groups is 2. The number of sulfonamides is 1. The van der Waals surface area contributed by atoms with Crippen molar-refractivity contribution in [3.63, 3.8) is 0 Å². The normalized spacial score (nSPS) is 15.3. The predicted molar refractivity (Wildman–Crippen MR) is 152 cm³/mol. The third-order valence-electron chi connectivity index (χ3n) is 5.79. The first kappa shape index (κ1) is 28.8. The minimum absolute atomic E-state index is 0. The summed E-state index contributed by atoms with van der Waals surface area (Å²) in [6, 6.07) is 27.0. The average Bonchev–Trinajstić information content (AvgIpc) is 3.23. The van der Waals surface area contributed by atoms with Gasteiger partial charge in [-0.2, -0.15) is 0 Å². The van der Waals surface area contributed by atoms with Gasteiger partial charge in [-0.25, -0.2) is 13.4 Å². The number of rotatable bonds is 6. The molecule has 2 amide bonds. The summed E-state index contributed by atoms with van der Waals surface area (Å²) in [6.07, 6.45) is 1.67. The molecule has 10 heteroatoms. The van der Waals surface area contributed by atoms with Crippen molar-refractivity contribution >= 4 is 61.3 Å². The van der Waals surface area contributed by atoms with Gasteiger partial charge in [0.05, 0.1) is 21.4 Å². The van der Waals surface area contributed by atoms with Gasteiger partial charge in [-0.3, -0.25) is 4.79 Å². The van der Waals surface area contributed by atoms with Gasteiger partial charge in [0.15, 0.2) is 5.17 Å². The minimum Gasteiger partial charge on any atom is -0.541 e. The maximum Gasteiger partial charge on any atom is 1.00 e. The summed E-state index contributed by atoms with van der Waals surface area (Å²) in [5, 5.41) is 5.45. The molecule has 1 heterocycles. The summed E-state index contributed by atoms with van der Waals surface area (Å²) in [7, 11) is -4.06. The second-order valence-corrected chi connectivity index (χ2v) is 11.3. The quantitative estimate of drug-likeness (QED) is 0.287. The van der Waals surface area contributed by atoms with Crippen LogP contribution in [0.3, 0.4) is 0 Å². The summed E-state index contributed by atoms with van der Waals surface area (Å²) in [5.74, 6) is -0.979. The largest absolute Gasteiger partial charge is 1.00 e. The fraction of sp³-hybridized carbons (Fsp3) is 0.0690. The second-order valence-electron chi connectivity index (χ2n) is 8.70. The topological polar surface area (TPSA) is 107 Å². The van der Waals surface area contributed by atoms with Crippen LogP contribution >= 0.6 is 11.8 Å². The van der Waals surface area contributed by atoms with Crippen molar-refractivity contribution in [3.05, 3.63) is 117 Å². The van der Waals surface area contributed by atoms with E-state index in [9.17, 15) is 18.0 Å². The summed E-state index contributed by atoms with van der Waals surface area (Å²) >= 11 is 1.25. The maximum absolute atomic E-state index is 12.5. The van der Waals surface area contributed by atoms with Gasteiger partial charge in [0.2, 0.25) is 0 Å². The van der Waals surface area contributed by atoms with E-state index in [1.807, 2.05) is 55.5 Å². The SMILES string of the molecule is Cc1ccc(S(=O)(=O)[N-]C(=O)Cc2ccc(N=C3NC(=O)C(=Cc4ccc5ccccc5c4)S3)cc2)cc1.[Na+]. The first-order chi connectivity index (χ1) is 18.2. The summed E-state index contributed by atoms with van der Waals surface area (Å²) < 4.78 is 28.2. The number of amidine groups is 1. The van der Waals surface area contributed by atoms with Crippen molar-refractivity contribution in [1.29, 1.82) is 0 Å². The van der Waals surface area contributed by atoms with E-state index in [1.54, 1.807) is 36.4 Å². The number of nitrogens with zero attached hydrogens (tertiary/aromatic N) is 2. The molecule has 1 aliphatic rings. The van der Waals surface area contributed by atoms with Crippen LogP contribution in [0, 0.1) is 6.92 Å². The molecule has 0 unspecified atom stereocenters. The molecule has 0 radical (unpaired) electrons. The molecule has 5 rings (SSSR count). The van der Waals surface area contributed by atoms with Gasteiger partial charge in [-0.15, -0.1) is 0 Å². The molecule has 39 heavy (non-hydrogen) atoms. The zero-order chi connectivity index (χ0) is 26.7. The van der Waals surface area contributed by atoms with E-state index < -0.39 is 15.9 Å². The average molecular weight is 564 g/mol. The molecular weight excluding hydrogens is 541 g/mol. The zero-order valence-electron chi connectivity index (χ0n) is 21.3. The molecule has 190 valence electrons. The Morgan fingerprint density at radius 3 is 2.36 bits per heavy atom. The number of fused-ring (bicyclic) bond motifs is 1.